The van der Waals surface area contributed by atoms with Crippen LogP contribution in [0.3, 0.4) is 0 Å². The van der Waals surface area contributed by atoms with Crippen molar-refractivity contribution in [2.45, 2.75) is 13.8 Å². The lowest BCUT2D eigenvalue weighted by atomic mass is 10.2. The van der Waals surface area contributed by atoms with E-state index in [1.807, 2.05) is 13.8 Å². The Hall–Kier alpha value is -2.00. The van der Waals surface area contributed by atoms with Crippen molar-refractivity contribution in [2.75, 3.05) is 25.2 Å². The minimum absolute atomic E-state index is 0.0990. The van der Waals surface area contributed by atoms with E-state index in [2.05, 4.69) is 15.4 Å². The van der Waals surface area contributed by atoms with E-state index in [1.54, 1.807) is 0 Å². The van der Waals surface area contributed by atoms with Crippen molar-refractivity contribution in [2.24, 2.45) is 11.8 Å². The van der Waals surface area contributed by atoms with Crippen LogP contribution in [0.2, 0.25) is 0 Å². The van der Waals surface area contributed by atoms with Crippen molar-refractivity contribution < 1.29 is 14.4 Å². The number of nitrogens with one attached hydrogen (secondary N) is 1. The molecule has 0 saturated carbocycles. The Kier molecular flexibility index (Phi) is 5.90. The highest BCUT2D eigenvalue weighted by atomic mass is 16.6. The van der Waals surface area contributed by atoms with Gasteiger partial charge in [-0.05, 0) is 5.92 Å². The molecule has 9 nitrogen and oxygen atoms in total. The number of hydrogen-bond donors (Lipinski definition) is 2. The molecule has 19 heavy (non-hydrogen) atoms. The second kappa shape index (κ2) is 7.44. The number of nitrogens with two attached hydrogens (primary N) is 1. The van der Waals surface area contributed by atoms with Crippen LogP contribution in [0.4, 0.5) is 11.5 Å². The van der Waals surface area contributed by atoms with Gasteiger partial charge < -0.3 is 14.9 Å². The number of nitrogens with zero attached hydrogens (tertiary/aromatic N) is 3. The summed E-state index contributed by atoms with van der Waals surface area (Å²) in [5, 5.41) is 10.9. The van der Waals surface area contributed by atoms with Gasteiger partial charge in [0.15, 0.2) is 0 Å². The quantitative estimate of drug-likeness (QED) is 0.306. The average molecular weight is 271 g/mol. The van der Waals surface area contributed by atoms with Gasteiger partial charge in [0.1, 0.15) is 12.9 Å². The third kappa shape index (κ3) is 4.64. The molecule has 106 valence electrons. The van der Waals surface area contributed by atoms with Gasteiger partial charge in [0.25, 0.3) is 5.88 Å². The van der Waals surface area contributed by atoms with Crippen LogP contribution in [0.5, 0.6) is 5.88 Å². The van der Waals surface area contributed by atoms with Gasteiger partial charge >= 0.3 is 5.69 Å². The lowest BCUT2D eigenvalue weighted by molar-refractivity contribution is -0.385. The first-order valence-corrected chi connectivity index (χ1v) is 5.72. The fraction of sp³-hybridized carbons (Fsp3) is 0.600. The molecule has 0 amide bonds. The molecule has 0 aromatic carbocycles. The van der Waals surface area contributed by atoms with E-state index < -0.39 is 10.6 Å². The molecule has 3 N–H and O–H groups in total. The number of ether oxygens (including phenoxy) is 2. The fourth-order valence-corrected chi connectivity index (χ4v) is 1.25. The molecule has 0 spiro atoms. The minimum atomic E-state index is -0.653. The number of aromatic nitrogens is 2. The largest absolute Gasteiger partial charge is 0.470 e. The van der Waals surface area contributed by atoms with Crippen molar-refractivity contribution in [3.63, 3.8) is 0 Å². The van der Waals surface area contributed by atoms with Gasteiger partial charge in [-0.1, -0.05) is 13.8 Å². The number of hydrazine groups is 1. The summed E-state index contributed by atoms with van der Waals surface area (Å²) in [5.41, 5.74) is 1.74. The number of rotatable bonds is 8. The van der Waals surface area contributed by atoms with Gasteiger partial charge in [-0.3, -0.25) is 10.1 Å². The van der Waals surface area contributed by atoms with Gasteiger partial charge in [0.05, 0.1) is 11.5 Å². The normalized spacial score (nSPS) is 10.5. The van der Waals surface area contributed by atoms with Crippen LogP contribution in [0, 0.1) is 16.0 Å². The van der Waals surface area contributed by atoms with Gasteiger partial charge in [0.2, 0.25) is 5.82 Å². The van der Waals surface area contributed by atoms with Crippen molar-refractivity contribution in [1.82, 2.24) is 9.97 Å². The molecule has 0 unspecified atom stereocenters. The highest BCUT2D eigenvalue weighted by Crippen LogP contribution is 2.29. The van der Waals surface area contributed by atoms with E-state index in [4.69, 9.17) is 15.3 Å². The van der Waals surface area contributed by atoms with E-state index in [1.165, 1.54) is 0 Å². The van der Waals surface area contributed by atoms with E-state index >= 15 is 0 Å². The fourth-order valence-electron chi connectivity index (χ4n) is 1.25. The summed E-state index contributed by atoms with van der Waals surface area (Å²) in [6, 6.07) is 0. The molecule has 1 aromatic heterocycles. The van der Waals surface area contributed by atoms with Gasteiger partial charge in [-0.15, -0.1) is 0 Å². The molecule has 1 rings (SSSR count). The zero-order valence-corrected chi connectivity index (χ0v) is 10.8. The predicted octanol–water partition coefficient (Wildman–Crippen LogP) is 0.722. The summed E-state index contributed by atoms with van der Waals surface area (Å²) < 4.78 is 10.5. The first kappa shape index (κ1) is 15.1. The summed E-state index contributed by atoms with van der Waals surface area (Å²) in [6.07, 6.45) is 1.13. The Balaban J connectivity index is 2.60. The lowest BCUT2D eigenvalue weighted by Gasteiger charge is -2.09. The summed E-state index contributed by atoms with van der Waals surface area (Å²) >= 11 is 0. The predicted molar refractivity (Wildman–Crippen MR) is 67.6 cm³/mol. The van der Waals surface area contributed by atoms with Crippen LogP contribution in [-0.4, -0.2) is 34.7 Å². The topological polar surface area (TPSA) is 125 Å². The van der Waals surface area contributed by atoms with Crippen molar-refractivity contribution in [3.8, 4) is 5.88 Å². The van der Waals surface area contributed by atoms with Crippen LogP contribution < -0.4 is 16.0 Å². The number of hydrogen-bond acceptors (Lipinski definition) is 8. The van der Waals surface area contributed by atoms with E-state index in [0.29, 0.717) is 19.1 Å². The zero-order chi connectivity index (χ0) is 14.3. The Morgan fingerprint density at radius 1 is 1.47 bits per heavy atom. The lowest BCUT2D eigenvalue weighted by Crippen LogP contribution is -2.14. The molecule has 0 radical (unpaired) electrons. The number of nitrogen functional groups attached to an aromatic ring is 1. The van der Waals surface area contributed by atoms with Crippen molar-refractivity contribution >= 4 is 11.5 Å². The molecule has 0 aliphatic carbocycles. The molecule has 1 heterocycles. The summed E-state index contributed by atoms with van der Waals surface area (Å²) in [5.74, 6) is 5.32. The van der Waals surface area contributed by atoms with Crippen molar-refractivity contribution in [1.29, 1.82) is 0 Å². The Bertz CT molecular complexity index is 426. The average Bonchev–Trinajstić information content (AvgIpc) is 2.37. The van der Waals surface area contributed by atoms with E-state index in [9.17, 15) is 10.1 Å². The molecule has 9 heteroatoms. The molecular weight excluding hydrogens is 254 g/mol. The molecular formula is C10H17N5O4. The molecule has 0 saturated heterocycles. The first-order valence-electron chi connectivity index (χ1n) is 5.72. The smallest absolute Gasteiger partial charge is 0.374 e. The van der Waals surface area contributed by atoms with Crippen LogP contribution in [-0.2, 0) is 4.74 Å². The number of nitro groups is 1. The third-order valence-electron chi connectivity index (χ3n) is 2.03. The van der Waals surface area contributed by atoms with Gasteiger partial charge in [0, 0.05) is 6.61 Å². The third-order valence-corrected chi connectivity index (χ3v) is 2.03. The monoisotopic (exact) mass is 271 g/mol. The van der Waals surface area contributed by atoms with Crippen molar-refractivity contribution in [3.05, 3.63) is 16.4 Å². The van der Waals surface area contributed by atoms with Crippen LogP contribution in [0.15, 0.2) is 6.33 Å². The van der Waals surface area contributed by atoms with Gasteiger partial charge in [-0.2, -0.15) is 4.98 Å². The highest BCUT2D eigenvalue weighted by molar-refractivity contribution is 5.60. The second-order valence-corrected chi connectivity index (χ2v) is 4.09. The highest BCUT2D eigenvalue weighted by Gasteiger charge is 2.23. The SMILES string of the molecule is CC(C)COCCOc1ncnc(NN)c1[N+](=O)[O-]. The molecule has 1 aromatic rings. The minimum Gasteiger partial charge on any atom is -0.470 e. The van der Waals surface area contributed by atoms with E-state index in [-0.39, 0.29) is 18.3 Å². The van der Waals surface area contributed by atoms with Gasteiger partial charge in [-0.25, -0.2) is 10.8 Å². The molecule has 0 aliphatic rings. The van der Waals surface area contributed by atoms with Crippen LogP contribution in [0.25, 0.3) is 0 Å². The Morgan fingerprint density at radius 3 is 2.79 bits per heavy atom. The van der Waals surface area contributed by atoms with E-state index in [0.717, 1.165) is 6.33 Å². The maximum absolute atomic E-state index is 10.9. The summed E-state index contributed by atoms with van der Waals surface area (Å²) in [6.45, 7) is 5.13. The maximum atomic E-state index is 10.9. The molecule has 0 atom stereocenters. The standard InChI is InChI=1S/C10H17N5O4/c1-7(2)5-18-3-4-19-10-8(15(16)17)9(14-11)12-6-13-10/h6-7H,3-5,11H2,1-2H3,(H,12,13,14). The Labute approximate surface area is 110 Å². The first-order chi connectivity index (χ1) is 9.06. The Morgan fingerprint density at radius 2 is 2.21 bits per heavy atom. The molecule has 0 bridgehead atoms. The second-order valence-electron chi connectivity index (χ2n) is 4.09. The molecule has 0 aliphatic heterocycles. The summed E-state index contributed by atoms with van der Waals surface area (Å²) in [7, 11) is 0. The molecule has 0 fully saturated rings. The summed E-state index contributed by atoms with van der Waals surface area (Å²) in [4.78, 5) is 17.6. The maximum Gasteiger partial charge on any atom is 0.374 e. The van der Waals surface area contributed by atoms with Crippen LogP contribution in [0.1, 0.15) is 13.8 Å². The number of anilines is 1. The zero-order valence-electron chi connectivity index (χ0n) is 10.8. The van der Waals surface area contributed by atoms with Crippen LogP contribution >= 0.6 is 0 Å².